The molecular formula is C9H6INO2S. The highest BCUT2D eigenvalue weighted by Crippen LogP contribution is 2.34. The molecule has 2 rings (SSSR count). The molecule has 0 fully saturated rings. The maximum atomic E-state index is 10.8. The van der Waals surface area contributed by atoms with E-state index in [2.05, 4.69) is 22.6 Å². The van der Waals surface area contributed by atoms with Crippen molar-refractivity contribution in [2.45, 2.75) is 0 Å². The third kappa shape index (κ3) is 1.46. The van der Waals surface area contributed by atoms with Crippen molar-refractivity contribution in [1.29, 1.82) is 0 Å². The minimum atomic E-state index is -0.960. The lowest BCUT2D eigenvalue weighted by atomic mass is 10.2. The van der Waals surface area contributed by atoms with E-state index in [0.717, 1.165) is 13.7 Å². The number of rotatable bonds is 1. The van der Waals surface area contributed by atoms with Gasteiger partial charge in [0.2, 0.25) is 0 Å². The van der Waals surface area contributed by atoms with Gasteiger partial charge in [-0.05, 0) is 40.8 Å². The van der Waals surface area contributed by atoms with Crippen molar-refractivity contribution in [2.75, 3.05) is 5.73 Å². The summed E-state index contributed by atoms with van der Waals surface area (Å²) in [5.74, 6) is -0.960. The van der Waals surface area contributed by atoms with Crippen molar-refractivity contribution in [3.8, 4) is 0 Å². The molecule has 5 heteroatoms. The van der Waals surface area contributed by atoms with Gasteiger partial charge in [-0.25, -0.2) is 4.79 Å². The van der Waals surface area contributed by atoms with Gasteiger partial charge in [-0.2, -0.15) is 0 Å². The fourth-order valence-corrected chi connectivity index (χ4v) is 2.68. The van der Waals surface area contributed by atoms with E-state index in [1.807, 2.05) is 18.2 Å². The van der Waals surface area contributed by atoms with Crippen LogP contribution < -0.4 is 5.73 Å². The fourth-order valence-electron chi connectivity index (χ4n) is 1.25. The molecule has 3 N–H and O–H groups in total. The van der Waals surface area contributed by atoms with Crippen LogP contribution in [-0.4, -0.2) is 11.1 Å². The first-order valence-corrected chi connectivity index (χ1v) is 5.70. The highest BCUT2D eigenvalue weighted by molar-refractivity contribution is 14.1. The Hall–Kier alpha value is -0.820. The average Bonchev–Trinajstić information content (AvgIpc) is 2.44. The standard InChI is InChI=1S/C9H6INO2S/c10-4-1-2-6-5(3-4)7(11)8(14-6)9(12)13/h1-3H,11H2,(H,12,13). The Kier molecular flexibility index (Phi) is 2.36. The van der Waals surface area contributed by atoms with Gasteiger partial charge in [-0.15, -0.1) is 11.3 Å². The van der Waals surface area contributed by atoms with Crippen molar-refractivity contribution in [2.24, 2.45) is 0 Å². The van der Waals surface area contributed by atoms with Gasteiger partial charge in [0.15, 0.2) is 0 Å². The summed E-state index contributed by atoms with van der Waals surface area (Å²) >= 11 is 3.39. The van der Waals surface area contributed by atoms with Gasteiger partial charge in [0.1, 0.15) is 4.88 Å². The van der Waals surface area contributed by atoms with Crippen LogP contribution in [0, 0.1) is 3.57 Å². The van der Waals surface area contributed by atoms with Crippen molar-refractivity contribution in [3.05, 3.63) is 26.6 Å². The summed E-state index contributed by atoms with van der Waals surface area (Å²) in [5.41, 5.74) is 6.11. The molecular weight excluding hydrogens is 313 g/mol. The Morgan fingerprint density at radius 2 is 2.21 bits per heavy atom. The monoisotopic (exact) mass is 319 g/mol. The second-order valence-corrected chi connectivity index (χ2v) is 5.09. The van der Waals surface area contributed by atoms with E-state index in [1.165, 1.54) is 11.3 Å². The number of thiophene rings is 1. The molecule has 1 aromatic heterocycles. The zero-order valence-corrected chi connectivity index (χ0v) is 9.93. The molecule has 0 bridgehead atoms. The fraction of sp³-hybridized carbons (Fsp3) is 0. The van der Waals surface area contributed by atoms with Crippen LogP contribution in [0.3, 0.4) is 0 Å². The lowest BCUT2D eigenvalue weighted by Gasteiger charge is -1.93. The van der Waals surface area contributed by atoms with Crippen molar-refractivity contribution in [3.63, 3.8) is 0 Å². The van der Waals surface area contributed by atoms with Crippen LogP contribution in [0.25, 0.3) is 10.1 Å². The smallest absolute Gasteiger partial charge is 0.348 e. The maximum absolute atomic E-state index is 10.8. The first-order chi connectivity index (χ1) is 6.59. The Bertz CT molecular complexity index is 521. The van der Waals surface area contributed by atoms with Gasteiger partial charge in [-0.3, -0.25) is 0 Å². The molecule has 0 spiro atoms. The summed E-state index contributed by atoms with van der Waals surface area (Å²) in [4.78, 5) is 11.0. The molecule has 0 unspecified atom stereocenters. The lowest BCUT2D eigenvalue weighted by Crippen LogP contribution is -1.96. The number of fused-ring (bicyclic) bond motifs is 1. The number of carboxylic acids is 1. The van der Waals surface area contributed by atoms with Crippen molar-refractivity contribution in [1.82, 2.24) is 0 Å². The third-order valence-electron chi connectivity index (χ3n) is 1.88. The number of anilines is 1. The number of carbonyl (C=O) groups is 1. The van der Waals surface area contributed by atoms with Gasteiger partial charge >= 0.3 is 5.97 Å². The van der Waals surface area contributed by atoms with E-state index in [9.17, 15) is 4.79 Å². The molecule has 0 atom stereocenters. The van der Waals surface area contributed by atoms with Crippen LogP contribution in [0.2, 0.25) is 0 Å². The van der Waals surface area contributed by atoms with Gasteiger partial charge in [0, 0.05) is 13.7 Å². The zero-order chi connectivity index (χ0) is 10.3. The number of halogens is 1. The summed E-state index contributed by atoms with van der Waals surface area (Å²) in [7, 11) is 0. The van der Waals surface area contributed by atoms with Crippen molar-refractivity contribution < 1.29 is 9.90 Å². The van der Waals surface area contributed by atoms with E-state index in [4.69, 9.17) is 10.8 Å². The Morgan fingerprint density at radius 1 is 1.50 bits per heavy atom. The second kappa shape index (κ2) is 3.39. The normalized spacial score (nSPS) is 10.6. The zero-order valence-electron chi connectivity index (χ0n) is 6.95. The predicted octanol–water partition coefficient (Wildman–Crippen LogP) is 2.79. The minimum Gasteiger partial charge on any atom is -0.477 e. The molecule has 2 aromatic rings. The number of nitrogens with two attached hydrogens (primary N) is 1. The third-order valence-corrected chi connectivity index (χ3v) is 3.73. The number of benzene rings is 1. The molecule has 1 aromatic carbocycles. The Morgan fingerprint density at radius 3 is 2.86 bits per heavy atom. The van der Waals surface area contributed by atoms with E-state index < -0.39 is 5.97 Å². The molecule has 0 aliphatic carbocycles. The molecule has 0 radical (unpaired) electrons. The molecule has 3 nitrogen and oxygen atoms in total. The van der Waals surface area contributed by atoms with Crippen LogP contribution in [0.15, 0.2) is 18.2 Å². The lowest BCUT2D eigenvalue weighted by molar-refractivity contribution is 0.0703. The summed E-state index contributed by atoms with van der Waals surface area (Å²) in [5, 5.41) is 9.70. The van der Waals surface area contributed by atoms with E-state index in [-0.39, 0.29) is 4.88 Å². The summed E-state index contributed by atoms with van der Waals surface area (Å²) in [6, 6.07) is 5.73. The maximum Gasteiger partial charge on any atom is 0.348 e. The van der Waals surface area contributed by atoms with Crippen LogP contribution in [-0.2, 0) is 0 Å². The highest BCUT2D eigenvalue weighted by Gasteiger charge is 2.14. The predicted molar refractivity (Wildman–Crippen MR) is 65.9 cm³/mol. The second-order valence-electron chi connectivity index (χ2n) is 2.79. The Balaban J connectivity index is 2.80. The number of nitrogen functional groups attached to an aromatic ring is 1. The first kappa shape index (κ1) is 9.72. The van der Waals surface area contributed by atoms with Gasteiger partial charge < -0.3 is 10.8 Å². The summed E-state index contributed by atoms with van der Waals surface area (Å²) in [6.07, 6.45) is 0. The summed E-state index contributed by atoms with van der Waals surface area (Å²) < 4.78 is 1.97. The number of hydrogen-bond donors (Lipinski definition) is 2. The van der Waals surface area contributed by atoms with Crippen LogP contribution in [0.5, 0.6) is 0 Å². The molecule has 0 aliphatic rings. The van der Waals surface area contributed by atoms with Crippen LogP contribution >= 0.6 is 33.9 Å². The van der Waals surface area contributed by atoms with Gasteiger partial charge in [0.25, 0.3) is 0 Å². The van der Waals surface area contributed by atoms with Crippen LogP contribution in [0.1, 0.15) is 9.67 Å². The minimum absolute atomic E-state index is 0.224. The number of aromatic carboxylic acids is 1. The van der Waals surface area contributed by atoms with Crippen LogP contribution in [0.4, 0.5) is 5.69 Å². The first-order valence-electron chi connectivity index (χ1n) is 3.80. The molecule has 14 heavy (non-hydrogen) atoms. The van der Waals surface area contributed by atoms with Gasteiger partial charge in [-0.1, -0.05) is 0 Å². The van der Waals surface area contributed by atoms with E-state index >= 15 is 0 Å². The molecule has 0 amide bonds. The van der Waals surface area contributed by atoms with Crippen molar-refractivity contribution >= 4 is 55.7 Å². The average molecular weight is 319 g/mol. The number of carboxylic acid groups (broad SMARTS) is 1. The molecule has 0 aliphatic heterocycles. The van der Waals surface area contributed by atoms with E-state index in [1.54, 1.807) is 0 Å². The Labute approximate surface area is 97.7 Å². The quantitative estimate of drug-likeness (QED) is 0.795. The highest BCUT2D eigenvalue weighted by atomic mass is 127. The molecule has 0 saturated heterocycles. The van der Waals surface area contributed by atoms with E-state index in [0.29, 0.717) is 5.69 Å². The molecule has 1 heterocycles. The molecule has 72 valence electrons. The summed E-state index contributed by atoms with van der Waals surface area (Å²) in [6.45, 7) is 0. The topological polar surface area (TPSA) is 63.3 Å². The van der Waals surface area contributed by atoms with Gasteiger partial charge in [0.05, 0.1) is 5.69 Å². The largest absolute Gasteiger partial charge is 0.477 e. The molecule has 0 saturated carbocycles. The number of hydrogen-bond acceptors (Lipinski definition) is 3. The SMILES string of the molecule is Nc1c(C(=O)O)sc2ccc(I)cc12.